The molecule has 0 bridgehead atoms. The zero-order valence-corrected chi connectivity index (χ0v) is 17.2. The van der Waals surface area contributed by atoms with Crippen molar-refractivity contribution in [2.75, 3.05) is 24.9 Å². The number of fused-ring (bicyclic) bond motifs is 1. The Morgan fingerprint density at radius 1 is 0.967 bits per heavy atom. The van der Waals surface area contributed by atoms with Gasteiger partial charge < -0.3 is 20.1 Å². The van der Waals surface area contributed by atoms with Crippen molar-refractivity contribution in [3.63, 3.8) is 0 Å². The summed E-state index contributed by atoms with van der Waals surface area (Å²) in [7, 11) is 3.13. The van der Waals surface area contributed by atoms with Crippen molar-refractivity contribution in [1.29, 1.82) is 0 Å². The molecule has 2 N–H and O–H groups in total. The van der Waals surface area contributed by atoms with Gasteiger partial charge in [0, 0.05) is 30.1 Å². The predicted octanol–water partition coefficient (Wildman–Crippen LogP) is 3.77. The molecule has 0 aliphatic rings. The summed E-state index contributed by atoms with van der Waals surface area (Å²) < 4.78 is 12.2. The molecule has 0 aromatic carbocycles. The summed E-state index contributed by atoms with van der Waals surface area (Å²) in [6.45, 7) is 4.14. The maximum Gasteiger partial charge on any atom is 0.256 e. The van der Waals surface area contributed by atoms with E-state index in [2.05, 4.69) is 44.5 Å². The minimum Gasteiger partial charge on any atom is -0.491 e. The average Bonchev–Trinajstić information content (AvgIpc) is 3.14. The lowest BCUT2D eigenvalue weighted by Gasteiger charge is -2.10. The van der Waals surface area contributed by atoms with E-state index < -0.39 is 0 Å². The third-order valence-corrected chi connectivity index (χ3v) is 4.29. The second-order valence-electron chi connectivity index (χ2n) is 6.91. The van der Waals surface area contributed by atoms with Gasteiger partial charge in [-0.25, -0.2) is 19.5 Å². The number of nitrogens with one attached hydrogen (secondary N) is 2. The van der Waals surface area contributed by atoms with Gasteiger partial charge in [-0.05, 0) is 38.1 Å². The van der Waals surface area contributed by atoms with E-state index in [0.29, 0.717) is 35.0 Å². The third kappa shape index (κ3) is 4.09. The van der Waals surface area contributed by atoms with Crippen molar-refractivity contribution in [2.45, 2.75) is 19.9 Å². The standard InChI is InChI=1S/C21H23N7O2/c1-13(2)23-17-6-5-7-18(25-17)26-19-11-20-24-15(8-9-28(20)27-19)14-10-16(29-3)21(30-4)22-12-14/h5-13H,1-4H3,(H2,23,25,26,27). The van der Waals surface area contributed by atoms with Crippen LogP contribution in [-0.4, -0.2) is 44.8 Å². The Labute approximate surface area is 174 Å². The minimum atomic E-state index is 0.302. The van der Waals surface area contributed by atoms with Crippen molar-refractivity contribution in [3.8, 4) is 22.9 Å². The lowest BCUT2D eigenvalue weighted by molar-refractivity contribution is 0.343. The van der Waals surface area contributed by atoms with E-state index in [4.69, 9.17) is 9.47 Å². The van der Waals surface area contributed by atoms with Crippen molar-refractivity contribution in [1.82, 2.24) is 24.6 Å². The highest BCUT2D eigenvalue weighted by Gasteiger charge is 2.11. The second kappa shape index (κ2) is 8.24. The summed E-state index contributed by atoms with van der Waals surface area (Å²) in [6, 6.07) is 11.6. The smallest absolute Gasteiger partial charge is 0.256 e. The van der Waals surface area contributed by atoms with Crippen LogP contribution in [0, 0.1) is 0 Å². The summed E-state index contributed by atoms with van der Waals surface area (Å²) in [4.78, 5) is 13.5. The number of anilines is 3. The highest BCUT2D eigenvalue weighted by atomic mass is 16.5. The molecule has 4 heterocycles. The summed E-state index contributed by atoms with van der Waals surface area (Å²) >= 11 is 0. The lowest BCUT2D eigenvalue weighted by atomic mass is 10.2. The molecular formula is C21H23N7O2. The number of rotatable bonds is 7. The SMILES string of the molecule is COc1cc(-c2ccn3nc(Nc4cccc(NC(C)C)n4)cc3n2)cnc1OC. The van der Waals surface area contributed by atoms with Crippen LogP contribution in [0.1, 0.15) is 13.8 Å². The Morgan fingerprint density at radius 2 is 1.80 bits per heavy atom. The summed E-state index contributed by atoms with van der Waals surface area (Å²) in [5.41, 5.74) is 2.27. The Balaban J connectivity index is 1.60. The average molecular weight is 405 g/mol. The molecule has 154 valence electrons. The molecule has 4 aromatic rings. The fourth-order valence-corrected chi connectivity index (χ4v) is 2.98. The number of nitrogens with zero attached hydrogens (tertiary/aromatic N) is 5. The van der Waals surface area contributed by atoms with E-state index >= 15 is 0 Å². The molecule has 0 amide bonds. The quantitative estimate of drug-likeness (QED) is 0.479. The number of hydrogen-bond acceptors (Lipinski definition) is 8. The van der Waals surface area contributed by atoms with Gasteiger partial charge in [-0.1, -0.05) is 6.07 Å². The molecule has 0 saturated carbocycles. The van der Waals surface area contributed by atoms with Crippen molar-refractivity contribution < 1.29 is 9.47 Å². The fourth-order valence-electron chi connectivity index (χ4n) is 2.98. The van der Waals surface area contributed by atoms with Gasteiger partial charge in [0.2, 0.25) is 0 Å². The van der Waals surface area contributed by atoms with Crippen molar-refractivity contribution in [3.05, 3.63) is 48.8 Å². The predicted molar refractivity (Wildman–Crippen MR) is 116 cm³/mol. The topological polar surface area (TPSA) is 98.5 Å². The van der Waals surface area contributed by atoms with Crippen LogP contribution < -0.4 is 20.1 Å². The van der Waals surface area contributed by atoms with E-state index in [-0.39, 0.29) is 0 Å². The molecule has 0 radical (unpaired) electrons. The maximum atomic E-state index is 5.34. The molecule has 0 aliphatic carbocycles. The molecule has 0 fully saturated rings. The first-order valence-electron chi connectivity index (χ1n) is 9.51. The number of aromatic nitrogens is 5. The lowest BCUT2D eigenvalue weighted by Crippen LogP contribution is -2.11. The number of pyridine rings is 2. The van der Waals surface area contributed by atoms with Gasteiger partial charge in [-0.3, -0.25) is 0 Å². The van der Waals surface area contributed by atoms with Crippen LogP contribution in [0.25, 0.3) is 16.9 Å². The maximum absolute atomic E-state index is 5.34. The van der Waals surface area contributed by atoms with Gasteiger partial charge >= 0.3 is 0 Å². The summed E-state index contributed by atoms with van der Waals surface area (Å²) in [6.07, 6.45) is 3.55. The molecule has 9 nitrogen and oxygen atoms in total. The molecule has 9 heteroatoms. The van der Waals surface area contributed by atoms with Gasteiger partial charge in [-0.2, -0.15) is 0 Å². The Kier molecular flexibility index (Phi) is 5.34. The van der Waals surface area contributed by atoms with Crippen LogP contribution in [0.2, 0.25) is 0 Å². The highest BCUT2D eigenvalue weighted by Crippen LogP contribution is 2.29. The molecule has 30 heavy (non-hydrogen) atoms. The van der Waals surface area contributed by atoms with Gasteiger partial charge in [-0.15, -0.1) is 5.10 Å². The number of methoxy groups -OCH3 is 2. The molecule has 0 unspecified atom stereocenters. The molecule has 0 spiro atoms. The van der Waals surface area contributed by atoms with Crippen LogP contribution in [-0.2, 0) is 0 Å². The van der Waals surface area contributed by atoms with Gasteiger partial charge in [0.15, 0.2) is 17.2 Å². The fraction of sp³-hybridized carbons (Fsp3) is 0.238. The monoisotopic (exact) mass is 405 g/mol. The number of ether oxygens (including phenoxy) is 2. The first kappa shape index (κ1) is 19.4. The first-order chi connectivity index (χ1) is 14.6. The van der Waals surface area contributed by atoms with E-state index in [1.807, 2.05) is 42.6 Å². The molecule has 4 aromatic heterocycles. The van der Waals surface area contributed by atoms with Crippen molar-refractivity contribution in [2.24, 2.45) is 0 Å². The van der Waals surface area contributed by atoms with Crippen LogP contribution in [0.15, 0.2) is 48.8 Å². The number of hydrogen-bond donors (Lipinski definition) is 2. The Hall–Kier alpha value is -3.88. The summed E-state index contributed by atoms with van der Waals surface area (Å²) in [5, 5.41) is 11.0. The highest BCUT2D eigenvalue weighted by molar-refractivity contribution is 5.66. The first-order valence-corrected chi connectivity index (χ1v) is 9.51. The zero-order valence-electron chi connectivity index (χ0n) is 17.2. The Morgan fingerprint density at radius 3 is 2.57 bits per heavy atom. The normalized spacial score (nSPS) is 11.0. The van der Waals surface area contributed by atoms with Gasteiger partial charge in [0.05, 0.1) is 19.9 Å². The molecule has 0 saturated heterocycles. The van der Waals surface area contributed by atoms with Crippen LogP contribution in [0.3, 0.4) is 0 Å². The zero-order chi connectivity index (χ0) is 21.1. The third-order valence-electron chi connectivity index (χ3n) is 4.29. The van der Waals surface area contributed by atoms with E-state index in [0.717, 1.165) is 17.1 Å². The van der Waals surface area contributed by atoms with E-state index in [9.17, 15) is 0 Å². The van der Waals surface area contributed by atoms with Crippen LogP contribution >= 0.6 is 0 Å². The molecular weight excluding hydrogens is 382 g/mol. The summed E-state index contributed by atoms with van der Waals surface area (Å²) in [5.74, 6) is 3.14. The Bertz CT molecular complexity index is 1170. The molecule has 4 rings (SSSR count). The molecule has 0 aliphatic heterocycles. The van der Waals surface area contributed by atoms with E-state index in [1.165, 1.54) is 0 Å². The van der Waals surface area contributed by atoms with Crippen LogP contribution in [0.5, 0.6) is 11.6 Å². The van der Waals surface area contributed by atoms with E-state index in [1.54, 1.807) is 24.9 Å². The second-order valence-corrected chi connectivity index (χ2v) is 6.91. The largest absolute Gasteiger partial charge is 0.491 e. The molecule has 0 atom stereocenters. The van der Waals surface area contributed by atoms with Gasteiger partial charge in [0.25, 0.3) is 5.88 Å². The van der Waals surface area contributed by atoms with Crippen molar-refractivity contribution >= 4 is 23.1 Å². The minimum absolute atomic E-state index is 0.302. The van der Waals surface area contributed by atoms with Gasteiger partial charge in [0.1, 0.15) is 11.6 Å². The van der Waals surface area contributed by atoms with Crippen LogP contribution in [0.4, 0.5) is 17.5 Å².